The Kier molecular flexibility index (Phi) is 15.5. The zero-order valence-electron chi connectivity index (χ0n) is 36.7. The topological polar surface area (TPSA) is 86.2 Å². The average Bonchev–Trinajstić information content (AvgIpc) is 3.92. The van der Waals surface area contributed by atoms with Crippen molar-refractivity contribution in [2.75, 3.05) is 38.0 Å². The van der Waals surface area contributed by atoms with Gasteiger partial charge in [0.05, 0.1) is 0 Å². The number of anilines is 2. The van der Waals surface area contributed by atoms with Gasteiger partial charge in [0.1, 0.15) is 0 Å². The molecule has 0 amide bonds. The second-order valence-electron chi connectivity index (χ2n) is 15.4. The van der Waals surface area contributed by atoms with Crippen molar-refractivity contribution in [2.45, 2.75) is 0 Å². The molecule has 328 valence electrons. The first kappa shape index (κ1) is 47.0. The Morgan fingerprint density at radius 1 is 0.379 bits per heavy atom. The van der Waals surface area contributed by atoms with Crippen molar-refractivity contribution in [1.29, 1.82) is 0 Å². The zero-order valence-corrected chi connectivity index (χ0v) is 41.2. The number of para-hydroxylation sites is 2. The Morgan fingerprint density at radius 2 is 0.758 bits per heavy atom. The number of aromatic nitrogens is 6. The summed E-state index contributed by atoms with van der Waals surface area (Å²) < 4.78 is 0. The molecule has 12 aromatic rings. The molecule has 0 saturated heterocycles. The summed E-state index contributed by atoms with van der Waals surface area (Å²) in [4.78, 5) is 30.8. The number of fused-ring (bicyclic) bond motifs is 8. The van der Waals surface area contributed by atoms with Crippen LogP contribution >= 0.6 is 0 Å². The van der Waals surface area contributed by atoms with Gasteiger partial charge in [-0.1, -0.05) is 144 Å². The van der Waals surface area contributed by atoms with Gasteiger partial charge in [0, 0.05) is 52.2 Å². The van der Waals surface area contributed by atoms with Gasteiger partial charge in [-0.3, -0.25) is 0 Å². The van der Waals surface area contributed by atoms with Crippen LogP contribution in [0.1, 0.15) is 0 Å². The second kappa shape index (κ2) is 21.8. The number of benzene rings is 6. The molecule has 6 aromatic heterocycles. The number of pyridine rings is 4. The van der Waals surface area contributed by atoms with Crippen LogP contribution in [-0.4, -0.2) is 48.1 Å². The number of rotatable bonds is 4. The van der Waals surface area contributed by atoms with Crippen LogP contribution in [0.4, 0.5) is 11.6 Å². The van der Waals surface area contributed by atoms with Gasteiger partial charge in [0.15, 0.2) is 0 Å². The van der Waals surface area contributed by atoms with Crippen LogP contribution in [-0.2, 0) is 42.1 Å². The molecule has 0 fully saturated rings. The van der Waals surface area contributed by atoms with Crippen LogP contribution in [0.25, 0.3) is 87.9 Å². The van der Waals surface area contributed by atoms with Crippen molar-refractivity contribution in [3.8, 4) is 22.5 Å². The summed E-state index contributed by atoms with van der Waals surface area (Å²) >= 11 is 0. The molecule has 0 unspecified atom stereocenters. The molecule has 0 spiro atoms. The van der Waals surface area contributed by atoms with Gasteiger partial charge < -0.3 is 39.7 Å². The predicted molar refractivity (Wildman–Crippen MR) is 266 cm³/mol. The van der Waals surface area contributed by atoms with E-state index >= 15 is 0 Å². The fraction of sp³-hybridized carbons (Fsp3) is 0.0714. The summed E-state index contributed by atoms with van der Waals surface area (Å²) in [5.74, 6) is 1.88. The first-order chi connectivity index (χ1) is 31.4. The van der Waals surface area contributed by atoms with Crippen LogP contribution < -0.4 is 19.8 Å². The molecule has 0 radical (unpaired) electrons. The number of hydrogen-bond donors (Lipinski definition) is 0. The molecule has 0 aliphatic carbocycles. The zero-order chi connectivity index (χ0) is 43.8. The number of hydrogen-bond acceptors (Lipinski definition) is 6. The molecule has 0 bridgehead atoms. The van der Waals surface area contributed by atoms with Gasteiger partial charge in [0.25, 0.3) is 0 Å². The Balaban J connectivity index is 0.000000130. The molecule has 0 aliphatic heterocycles. The smallest absolute Gasteiger partial charge is 0.435 e. The van der Waals surface area contributed by atoms with Crippen molar-refractivity contribution in [3.63, 3.8) is 0 Å². The van der Waals surface area contributed by atoms with Gasteiger partial charge in [0.2, 0.25) is 0 Å². The summed E-state index contributed by atoms with van der Waals surface area (Å²) in [6, 6.07) is 67.6. The van der Waals surface area contributed by atoms with Gasteiger partial charge in [-0.25, -0.2) is 0 Å². The first-order valence-corrected chi connectivity index (χ1v) is 21.0. The molecular weight excluding hydrogens is 1170 g/mol. The summed E-state index contributed by atoms with van der Waals surface area (Å²) in [5, 5.41) is 9.45. The molecule has 8 nitrogen and oxygen atoms in total. The van der Waals surface area contributed by atoms with Gasteiger partial charge in [-0.2, -0.15) is 0 Å². The molecule has 0 atom stereocenters. The van der Waals surface area contributed by atoms with E-state index in [2.05, 4.69) is 103 Å². The minimum atomic E-state index is 0. The third kappa shape index (κ3) is 10.4. The van der Waals surface area contributed by atoms with E-state index in [1.54, 1.807) is 0 Å². The normalized spacial score (nSPS) is 10.5. The summed E-state index contributed by atoms with van der Waals surface area (Å²) in [5.41, 5.74) is 7.76. The van der Waals surface area contributed by atoms with E-state index in [0.29, 0.717) is 0 Å². The summed E-state index contributed by atoms with van der Waals surface area (Å²) in [7, 11) is 7.93. The van der Waals surface area contributed by atoms with Crippen molar-refractivity contribution in [1.82, 2.24) is 29.9 Å². The molecule has 6 heterocycles. The maximum Gasteiger partial charge on any atom is 2.00 e. The standard InChI is InChI=1S/2C15H10N.2C13H12N3.2Pt/c2*1-2-8-13-12(6-1)7-5-9-14(13)15-10-3-4-11-16-15;2*1-16(2)12-8-7-10-9-5-3-4-6-11(9)14-13(10)15-12;;/h2*1-8,10-11H;2*3-8H,1-2H3;;/q4*-1;2*+2. The summed E-state index contributed by atoms with van der Waals surface area (Å²) in [6.45, 7) is 0. The maximum absolute atomic E-state index is 4.53. The molecule has 0 saturated carbocycles. The Morgan fingerprint density at radius 3 is 1.15 bits per heavy atom. The first-order valence-electron chi connectivity index (χ1n) is 21.0. The van der Waals surface area contributed by atoms with Crippen molar-refractivity contribution in [3.05, 3.63) is 207 Å². The summed E-state index contributed by atoms with van der Waals surface area (Å²) in [6.07, 6.45) is 3.62. The molecule has 10 heteroatoms. The fourth-order valence-corrected chi connectivity index (χ4v) is 7.56. The molecular formula is C56H44N8Pt2. The van der Waals surface area contributed by atoms with Crippen LogP contribution in [0.2, 0.25) is 0 Å². The Labute approximate surface area is 413 Å². The van der Waals surface area contributed by atoms with Crippen LogP contribution in [0.3, 0.4) is 0 Å². The minimum Gasteiger partial charge on any atom is -0.435 e. The fourth-order valence-electron chi connectivity index (χ4n) is 7.56. The Hall–Kier alpha value is -6.98. The van der Waals surface area contributed by atoms with E-state index in [-0.39, 0.29) is 42.1 Å². The van der Waals surface area contributed by atoms with E-state index in [4.69, 9.17) is 0 Å². The maximum atomic E-state index is 4.53. The minimum absolute atomic E-state index is 0. The molecule has 6 aromatic carbocycles. The van der Waals surface area contributed by atoms with Crippen molar-refractivity contribution < 1.29 is 42.1 Å². The Bertz CT molecular complexity index is 3240. The van der Waals surface area contributed by atoms with E-state index in [9.17, 15) is 0 Å². The average molecular weight is 1220 g/mol. The van der Waals surface area contributed by atoms with Crippen LogP contribution in [0, 0.1) is 12.1 Å². The van der Waals surface area contributed by atoms with Crippen molar-refractivity contribution >= 4 is 77.1 Å². The van der Waals surface area contributed by atoms with Crippen LogP contribution in [0.5, 0.6) is 0 Å². The molecule has 66 heavy (non-hydrogen) atoms. The second-order valence-corrected chi connectivity index (χ2v) is 15.4. The van der Waals surface area contributed by atoms with Crippen molar-refractivity contribution in [2.24, 2.45) is 0 Å². The van der Waals surface area contributed by atoms with Gasteiger partial charge >= 0.3 is 42.1 Å². The van der Waals surface area contributed by atoms with E-state index in [0.717, 1.165) is 67.3 Å². The third-order valence-corrected chi connectivity index (χ3v) is 10.8. The number of nitrogens with zero attached hydrogens (tertiary/aromatic N) is 8. The van der Waals surface area contributed by atoms with Gasteiger partial charge in [-0.05, 0) is 79.5 Å². The van der Waals surface area contributed by atoms with Crippen LogP contribution in [0.15, 0.2) is 194 Å². The largest absolute Gasteiger partial charge is 2.00 e. The van der Waals surface area contributed by atoms with E-state index in [1.807, 2.05) is 172 Å². The molecule has 0 aliphatic rings. The quantitative estimate of drug-likeness (QED) is 0.161. The molecule has 12 rings (SSSR count). The van der Waals surface area contributed by atoms with Gasteiger partial charge in [-0.15, -0.1) is 58.3 Å². The molecule has 0 N–H and O–H groups in total. The SMILES string of the molecule is CN(C)c1ccc2c(n1)[n-]c1ccccc12.CN(C)c1ccc2c(n1)[n-]c1ccccc12.[Pt+2].[Pt+2].[c-]1ccc2ccccc2c1-c1ccccn1.[c-]1ccc2ccccc2c1-c1ccccn1. The monoisotopic (exact) mass is 1220 g/mol. The third-order valence-electron chi connectivity index (χ3n) is 10.8. The van der Waals surface area contributed by atoms with E-state index < -0.39 is 0 Å². The van der Waals surface area contributed by atoms with E-state index in [1.165, 1.54) is 32.3 Å². The predicted octanol–water partition coefficient (Wildman–Crippen LogP) is 12.2.